The van der Waals surface area contributed by atoms with Gasteiger partial charge < -0.3 is 9.32 Å². The smallest absolute Gasteiger partial charge is 0.336 e. The van der Waals surface area contributed by atoms with Crippen molar-refractivity contribution in [1.29, 1.82) is 0 Å². The molecule has 124 valence electrons. The Balaban J connectivity index is 1.87. The highest BCUT2D eigenvalue weighted by molar-refractivity contribution is 6.30. The summed E-state index contributed by atoms with van der Waals surface area (Å²) in [7, 11) is 2.11. The SMILES string of the molecule is CCc1ccc2c(C[NH+](C)Cc3cccc(Cl)c3)cc(=O)oc2c1. The first-order valence-corrected chi connectivity index (χ1v) is 8.54. The largest absolute Gasteiger partial charge is 0.423 e. The van der Waals surface area contributed by atoms with E-state index in [-0.39, 0.29) is 5.63 Å². The molecule has 0 saturated carbocycles. The van der Waals surface area contributed by atoms with Gasteiger partial charge in [-0.15, -0.1) is 0 Å². The first-order valence-electron chi connectivity index (χ1n) is 8.16. The Kier molecular flexibility index (Phi) is 5.03. The molecule has 0 aliphatic rings. The molecule has 0 aliphatic heterocycles. The first-order chi connectivity index (χ1) is 11.5. The molecular formula is C20H21ClNO2+. The number of quaternary nitrogens is 1. The Morgan fingerprint density at radius 3 is 2.62 bits per heavy atom. The molecule has 3 aromatic rings. The van der Waals surface area contributed by atoms with Crippen molar-refractivity contribution < 1.29 is 9.32 Å². The molecule has 4 heteroatoms. The van der Waals surface area contributed by atoms with E-state index in [2.05, 4.69) is 32.2 Å². The van der Waals surface area contributed by atoms with Crippen LogP contribution in [0.2, 0.25) is 5.02 Å². The fraction of sp³-hybridized carbons (Fsp3) is 0.250. The fourth-order valence-electron chi connectivity index (χ4n) is 3.02. The minimum atomic E-state index is -0.290. The lowest BCUT2D eigenvalue weighted by atomic mass is 10.1. The monoisotopic (exact) mass is 342 g/mol. The predicted octanol–water partition coefficient (Wildman–Crippen LogP) is 3.22. The summed E-state index contributed by atoms with van der Waals surface area (Å²) in [4.78, 5) is 13.2. The van der Waals surface area contributed by atoms with Crippen molar-refractivity contribution in [2.75, 3.05) is 7.05 Å². The molecule has 1 unspecified atom stereocenters. The van der Waals surface area contributed by atoms with Crippen LogP contribution < -0.4 is 10.5 Å². The quantitative estimate of drug-likeness (QED) is 0.722. The van der Waals surface area contributed by atoms with Crippen LogP contribution in [0, 0.1) is 0 Å². The highest BCUT2D eigenvalue weighted by Gasteiger charge is 2.12. The van der Waals surface area contributed by atoms with Crippen molar-refractivity contribution in [2.24, 2.45) is 0 Å². The van der Waals surface area contributed by atoms with Gasteiger partial charge in [-0.3, -0.25) is 0 Å². The van der Waals surface area contributed by atoms with Crippen LogP contribution in [0.3, 0.4) is 0 Å². The lowest BCUT2D eigenvalue weighted by Gasteiger charge is -2.15. The maximum absolute atomic E-state index is 11.9. The third-order valence-electron chi connectivity index (χ3n) is 4.19. The van der Waals surface area contributed by atoms with E-state index in [0.717, 1.165) is 35.5 Å². The molecule has 1 atom stereocenters. The minimum Gasteiger partial charge on any atom is -0.423 e. The molecule has 0 bridgehead atoms. The van der Waals surface area contributed by atoms with E-state index in [0.29, 0.717) is 5.58 Å². The molecule has 0 fully saturated rings. The van der Waals surface area contributed by atoms with Gasteiger partial charge in [0.05, 0.1) is 7.05 Å². The molecule has 1 heterocycles. The van der Waals surface area contributed by atoms with Crippen LogP contribution in [0.4, 0.5) is 0 Å². The summed E-state index contributed by atoms with van der Waals surface area (Å²) in [6, 6.07) is 15.6. The second-order valence-electron chi connectivity index (χ2n) is 6.22. The predicted molar refractivity (Wildman–Crippen MR) is 97.6 cm³/mol. The zero-order valence-corrected chi connectivity index (χ0v) is 14.7. The van der Waals surface area contributed by atoms with Crippen molar-refractivity contribution >= 4 is 22.6 Å². The van der Waals surface area contributed by atoms with E-state index in [1.807, 2.05) is 24.3 Å². The van der Waals surface area contributed by atoms with Crippen LogP contribution in [0.1, 0.15) is 23.6 Å². The van der Waals surface area contributed by atoms with E-state index in [1.165, 1.54) is 16.0 Å². The molecular weight excluding hydrogens is 322 g/mol. The average molecular weight is 343 g/mol. The van der Waals surface area contributed by atoms with E-state index < -0.39 is 0 Å². The van der Waals surface area contributed by atoms with Crippen molar-refractivity contribution in [3.05, 3.63) is 80.7 Å². The fourth-order valence-corrected chi connectivity index (χ4v) is 3.24. The van der Waals surface area contributed by atoms with E-state index in [4.69, 9.17) is 16.0 Å². The number of benzene rings is 2. The lowest BCUT2D eigenvalue weighted by Crippen LogP contribution is -3.06. The van der Waals surface area contributed by atoms with Crippen LogP contribution in [0.5, 0.6) is 0 Å². The summed E-state index contributed by atoms with van der Waals surface area (Å²) in [5.41, 5.74) is 3.75. The molecule has 1 aromatic heterocycles. The molecule has 2 aromatic carbocycles. The summed E-state index contributed by atoms with van der Waals surface area (Å²) >= 11 is 6.05. The van der Waals surface area contributed by atoms with Gasteiger partial charge in [0, 0.05) is 27.6 Å². The van der Waals surface area contributed by atoms with Gasteiger partial charge in [0.1, 0.15) is 18.7 Å². The third kappa shape index (κ3) is 3.86. The van der Waals surface area contributed by atoms with Crippen LogP contribution in [0.15, 0.2) is 57.7 Å². The topological polar surface area (TPSA) is 34.7 Å². The highest BCUT2D eigenvalue weighted by Crippen LogP contribution is 2.18. The molecule has 0 spiro atoms. The molecule has 0 aliphatic carbocycles. The minimum absolute atomic E-state index is 0.290. The standard InChI is InChI=1S/C20H20ClNO2/c1-3-14-7-8-18-16(11-20(23)24-19(18)10-14)13-22(2)12-15-5-4-6-17(21)9-15/h4-11H,3,12-13H2,1-2H3/p+1. The van der Waals surface area contributed by atoms with Gasteiger partial charge in [0.2, 0.25) is 0 Å². The summed E-state index contributed by atoms with van der Waals surface area (Å²) in [6.07, 6.45) is 0.920. The molecule has 3 nitrogen and oxygen atoms in total. The van der Waals surface area contributed by atoms with Crippen LogP contribution in [-0.4, -0.2) is 7.05 Å². The summed E-state index contributed by atoms with van der Waals surface area (Å²) < 4.78 is 5.38. The number of rotatable bonds is 5. The van der Waals surface area contributed by atoms with Crippen molar-refractivity contribution in [2.45, 2.75) is 26.4 Å². The Hall–Kier alpha value is -2.10. The summed E-state index contributed by atoms with van der Waals surface area (Å²) in [5, 5.41) is 1.76. The van der Waals surface area contributed by atoms with Gasteiger partial charge >= 0.3 is 5.63 Å². The number of halogens is 1. The average Bonchev–Trinajstić information content (AvgIpc) is 2.53. The number of hydrogen-bond donors (Lipinski definition) is 1. The third-order valence-corrected chi connectivity index (χ3v) is 4.43. The van der Waals surface area contributed by atoms with E-state index in [1.54, 1.807) is 6.07 Å². The normalized spacial score (nSPS) is 12.5. The number of hydrogen-bond acceptors (Lipinski definition) is 2. The molecule has 0 radical (unpaired) electrons. The first kappa shape index (κ1) is 16.7. The Bertz CT molecular complexity index is 917. The Morgan fingerprint density at radius 2 is 1.88 bits per heavy atom. The van der Waals surface area contributed by atoms with Gasteiger partial charge in [-0.2, -0.15) is 0 Å². The zero-order chi connectivity index (χ0) is 17.1. The maximum Gasteiger partial charge on any atom is 0.336 e. The van der Waals surface area contributed by atoms with Gasteiger partial charge in [0.25, 0.3) is 0 Å². The Morgan fingerprint density at radius 1 is 1.04 bits per heavy atom. The van der Waals surface area contributed by atoms with Gasteiger partial charge in [-0.1, -0.05) is 42.8 Å². The molecule has 0 amide bonds. The molecule has 0 saturated heterocycles. The molecule has 3 rings (SSSR count). The van der Waals surface area contributed by atoms with Crippen LogP contribution in [-0.2, 0) is 19.5 Å². The number of nitrogens with one attached hydrogen (secondary N) is 1. The van der Waals surface area contributed by atoms with E-state index in [9.17, 15) is 4.79 Å². The van der Waals surface area contributed by atoms with Crippen molar-refractivity contribution in [3.8, 4) is 0 Å². The highest BCUT2D eigenvalue weighted by atomic mass is 35.5. The number of fused-ring (bicyclic) bond motifs is 1. The summed E-state index contributed by atoms with van der Waals surface area (Å²) in [6.45, 7) is 3.68. The van der Waals surface area contributed by atoms with Crippen LogP contribution >= 0.6 is 11.6 Å². The molecule has 24 heavy (non-hydrogen) atoms. The number of aryl methyl sites for hydroxylation is 1. The molecule has 1 N–H and O–H groups in total. The van der Waals surface area contributed by atoms with Gasteiger partial charge in [-0.25, -0.2) is 4.79 Å². The summed E-state index contributed by atoms with van der Waals surface area (Å²) in [5.74, 6) is 0. The van der Waals surface area contributed by atoms with Gasteiger partial charge in [-0.05, 0) is 30.2 Å². The lowest BCUT2D eigenvalue weighted by molar-refractivity contribution is -0.907. The second-order valence-corrected chi connectivity index (χ2v) is 6.65. The van der Waals surface area contributed by atoms with Crippen molar-refractivity contribution in [3.63, 3.8) is 0 Å². The van der Waals surface area contributed by atoms with Crippen molar-refractivity contribution in [1.82, 2.24) is 0 Å². The maximum atomic E-state index is 11.9. The van der Waals surface area contributed by atoms with Gasteiger partial charge in [0.15, 0.2) is 0 Å². The van der Waals surface area contributed by atoms with Crippen LogP contribution in [0.25, 0.3) is 11.0 Å². The second kappa shape index (κ2) is 7.20. The van der Waals surface area contributed by atoms with E-state index >= 15 is 0 Å². The zero-order valence-electron chi connectivity index (χ0n) is 13.9. The Labute approximate surface area is 146 Å².